The van der Waals surface area contributed by atoms with Crippen LogP contribution in [-0.4, -0.2) is 6.54 Å². The fraction of sp³-hybridized carbons (Fsp3) is 0.375. The van der Waals surface area contributed by atoms with Crippen molar-refractivity contribution in [3.05, 3.63) is 57.5 Å². The zero-order chi connectivity index (χ0) is 13.8. The van der Waals surface area contributed by atoms with Gasteiger partial charge in [-0.1, -0.05) is 30.7 Å². The van der Waals surface area contributed by atoms with E-state index in [0.717, 1.165) is 23.4 Å². The van der Waals surface area contributed by atoms with Crippen molar-refractivity contribution in [2.24, 2.45) is 0 Å². The number of furan rings is 1. The Morgan fingerprint density at radius 1 is 1.21 bits per heavy atom. The topological polar surface area (TPSA) is 25.2 Å². The molecular formula is C16H20BrNO. The number of hydrogen-bond acceptors (Lipinski definition) is 2. The Kier molecular flexibility index (Phi) is 4.83. The quantitative estimate of drug-likeness (QED) is 0.859. The number of rotatable bonds is 5. The second kappa shape index (κ2) is 6.40. The number of nitrogens with one attached hydrogen (secondary N) is 1. The maximum atomic E-state index is 5.74. The van der Waals surface area contributed by atoms with Crippen LogP contribution < -0.4 is 5.32 Å². The summed E-state index contributed by atoms with van der Waals surface area (Å²) < 4.78 is 6.51. The summed E-state index contributed by atoms with van der Waals surface area (Å²) >= 11 is 3.38. The van der Waals surface area contributed by atoms with Crippen molar-refractivity contribution in [3.8, 4) is 0 Å². The van der Waals surface area contributed by atoms with E-state index in [0.29, 0.717) is 0 Å². The first-order valence-corrected chi connectivity index (χ1v) is 7.47. The van der Waals surface area contributed by atoms with Crippen LogP contribution in [0.25, 0.3) is 0 Å². The molecule has 1 aromatic carbocycles. The average molecular weight is 322 g/mol. The Morgan fingerprint density at radius 2 is 2.00 bits per heavy atom. The molecular weight excluding hydrogens is 302 g/mol. The lowest BCUT2D eigenvalue weighted by Crippen LogP contribution is -2.23. The predicted octanol–water partition coefficient (Wildman–Crippen LogP) is 4.75. The lowest BCUT2D eigenvalue weighted by atomic mass is 9.97. The van der Waals surface area contributed by atoms with Gasteiger partial charge in [0.15, 0.2) is 4.67 Å². The van der Waals surface area contributed by atoms with Gasteiger partial charge in [-0.3, -0.25) is 0 Å². The molecule has 0 saturated carbocycles. The maximum Gasteiger partial charge on any atom is 0.169 e. The number of hydrogen-bond donors (Lipinski definition) is 1. The van der Waals surface area contributed by atoms with Crippen LogP contribution >= 0.6 is 15.9 Å². The molecule has 0 aliphatic carbocycles. The van der Waals surface area contributed by atoms with Gasteiger partial charge in [0.2, 0.25) is 0 Å². The largest absolute Gasteiger partial charge is 0.452 e. The van der Waals surface area contributed by atoms with Crippen molar-refractivity contribution in [2.45, 2.75) is 33.2 Å². The first-order chi connectivity index (χ1) is 9.11. The summed E-state index contributed by atoms with van der Waals surface area (Å²) in [5.74, 6) is 0.951. The third kappa shape index (κ3) is 3.48. The van der Waals surface area contributed by atoms with Gasteiger partial charge in [0.25, 0.3) is 0 Å². The Morgan fingerprint density at radius 3 is 2.58 bits per heavy atom. The molecule has 102 valence electrons. The molecule has 1 aromatic heterocycles. The third-order valence-corrected chi connectivity index (χ3v) is 3.64. The number of benzene rings is 1. The first kappa shape index (κ1) is 14.4. The highest BCUT2D eigenvalue weighted by molar-refractivity contribution is 9.10. The molecule has 19 heavy (non-hydrogen) atoms. The van der Waals surface area contributed by atoms with Crippen LogP contribution in [0.4, 0.5) is 0 Å². The lowest BCUT2D eigenvalue weighted by molar-refractivity contribution is 0.432. The second-order valence-electron chi connectivity index (χ2n) is 4.89. The second-order valence-corrected chi connectivity index (χ2v) is 5.67. The van der Waals surface area contributed by atoms with E-state index in [9.17, 15) is 0 Å². The minimum atomic E-state index is 0.117. The zero-order valence-electron chi connectivity index (χ0n) is 11.7. The van der Waals surface area contributed by atoms with Crippen molar-refractivity contribution < 1.29 is 4.42 Å². The maximum absolute atomic E-state index is 5.74. The van der Waals surface area contributed by atoms with Gasteiger partial charge >= 0.3 is 0 Å². The van der Waals surface area contributed by atoms with Gasteiger partial charge in [-0.25, -0.2) is 0 Å². The van der Waals surface area contributed by atoms with Crippen LogP contribution in [-0.2, 0) is 0 Å². The molecule has 1 N–H and O–H groups in total. The minimum absolute atomic E-state index is 0.117. The Balaban J connectivity index is 2.36. The van der Waals surface area contributed by atoms with Crippen molar-refractivity contribution in [2.75, 3.05) is 6.54 Å². The van der Waals surface area contributed by atoms with Crippen LogP contribution in [0.5, 0.6) is 0 Å². The van der Waals surface area contributed by atoms with Gasteiger partial charge in [0.1, 0.15) is 5.76 Å². The molecule has 3 heteroatoms. The summed E-state index contributed by atoms with van der Waals surface area (Å²) in [6, 6.07) is 10.6. The summed E-state index contributed by atoms with van der Waals surface area (Å²) in [4.78, 5) is 0. The van der Waals surface area contributed by atoms with Crippen LogP contribution in [0.15, 0.2) is 39.4 Å². The van der Waals surface area contributed by atoms with Gasteiger partial charge in [-0.05, 0) is 66.0 Å². The van der Waals surface area contributed by atoms with Gasteiger partial charge in [-0.2, -0.15) is 0 Å². The average Bonchev–Trinajstić information content (AvgIpc) is 2.78. The molecule has 1 heterocycles. The molecule has 0 fully saturated rings. The summed E-state index contributed by atoms with van der Waals surface area (Å²) in [5, 5.41) is 3.56. The molecule has 0 amide bonds. The molecule has 0 radical (unpaired) electrons. The SMILES string of the molecule is CCCNC(c1ccc(Br)o1)c1ccc(C)cc1C. The molecule has 1 atom stereocenters. The fourth-order valence-corrected chi connectivity index (χ4v) is 2.60. The summed E-state index contributed by atoms with van der Waals surface area (Å²) in [5.41, 5.74) is 3.86. The highest BCUT2D eigenvalue weighted by atomic mass is 79.9. The fourth-order valence-electron chi connectivity index (χ4n) is 2.29. The molecule has 2 aromatic rings. The van der Waals surface area contributed by atoms with Crippen molar-refractivity contribution >= 4 is 15.9 Å². The molecule has 0 aliphatic rings. The Labute approximate surface area is 123 Å². The van der Waals surface area contributed by atoms with Crippen LogP contribution in [0, 0.1) is 13.8 Å². The van der Waals surface area contributed by atoms with Gasteiger partial charge in [-0.15, -0.1) is 0 Å². The third-order valence-electron chi connectivity index (χ3n) is 3.21. The van der Waals surface area contributed by atoms with Crippen LogP contribution in [0.2, 0.25) is 0 Å². The van der Waals surface area contributed by atoms with Crippen LogP contribution in [0.1, 0.15) is 41.8 Å². The van der Waals surface area contributed by atoms with Gasteiger partial charge in [0.05, 0.1) is 6.04 Å². The zero-order valence-corrected chi connectivity index (χ0v) is 13.3. The molecule has 0 saturated heterocycles. The molecule has 0 spiro atoms. The summed E-state index contributed by atoms with van der Waals surface area (Å²) in [6.45, 7) is 7.41. The Bertz CT molecular complexity index is 547. The Hall–Kier alpha value is -1.06. The molecule has 0 aliphatic heterocycles. The molecule has 2 nitrogen and oxygen atoms in total. The monoisotopic (exact) mass is 321 g/mol. The predicted molar refractivity (Wildman–Crippen MR) is 82.5 cm³/mol. The van der Waals surface area contributed by atoms with E-state index in [4.69, 9.17) is 4.42 Å². The van der Waals surface area contributed by atoms with E-state index in [1.54, 1.807) is 0 Å². The standard InChI is InChI=1S/C16H20BrNO/c1-4-9-18-16(14-7-8-15(17)19-14)13-6-5-11(2)10-12(13)3/h5-8,10,16,18H,4,9H2,1-3H3. The van der Waals surface area contributed by atoms with Crippen molar-refractivity contribution in [1.29, 1.82) is 0 Å². The molecule has 2 rings (SSSR count). The van der Waals surface area contributed by atoms with Crippen molar-refractivity contribution in [1.82, 2.24) is 5.32 Å². The van der Waals surface area contributed by atoms with E-state index < -0.39 is 0 Å². The van der Waals surface area contributed by atoms with Gasteiger partial charge < -0.3 is 9.73 Å². The molecule has 0 bridgehead atoms. The van der Waals surface area contributed by atoms with Crippen LogP contribution in [0.3, 0.4) is 0 Å². The number of halogens is 1. The highest BCUT2D eigenvalue weighted by Gasteiger charge is 2.18. The highest BCUT2D eigenvalue weighted by Crippen LogP contribution is 2.28. The van der Waals surface area contributed by atoms with E-state index in [1.165, 1.54) is 16.7 Å². The summed E-state index contributed by atoms with van der Waals surface area (Å²) in [7, 11) is 0. The first-order valence-electron chi connectivity index (χ1n) is 6.67. The number of aryl methyl sites for hydroxylation is 2. The normalized spacial score (nSPS) is 12.6. The van der Waals surface area contributed by atoms with E-state index >= 15 is 0 Å². The lowest BCUT2D eigenvalue weighted by Gasteiger charge is -2.19. The van der Waals surface area contributed by atoms with E-state index in [-0.39, 0.29) is 6.04 Å². The minimum Gasteiger partial charge on any atom is -0.452 e. The van der Waals surface area contributed by atoms with E-state index in [1.807, 2.05) is 12.1 Å². The molecule has 1 unspecified atom stereocenters. The van der Waals surface area contributed by atoms with E-state index in [2.05, 4.69) is 60.2 Å². The van der Waals surface area contributed by atoms with Crippen molar-refractivity contribution in [3.63, 3.8) is 0 Å². The smallest absolute Gasteiger partial charge is 0.169 e. The van der Waals surface area contributed by atoms with Gasteiger partial charge in [0, 0.05) is 0 Å². The summed E-state index contributed by atoms with van der Waals surface area (Å²) in [6.07, 6.45) is 1.10.